The van der Waals surface area contributed by atoms with Crippen molar-refractivity contribution in [2.24, 2.45) is 0 Å². The molecule has 7 heteroatoms. The lowest BCUT2D eigenvalue weighted by atomic mass is 10.2. The highest BCUT2D eigenvalue weighted by atomic mass is 35.5. The molecule has 1 N–H and O–H groups in total. The maximum atomic E-state index is 12.0. The quantitative estimate of drug-likeness (QED) is 0.870. The second-order valence-electron chi connectivity index (χ2n) is 3.71. The second kappa shape index (κ2) is 5.62. The average Bonchev–Trinajstić information content (AvgIpc) is 2.39. The zero-order chi connectivity index (χ0) is 13.8. The van der Waals surface area contributed by atoms with E-state index in [0.29, 0.717) is 11.7 Å². The van der Waals surface area contributed by atoms with Crippen LogP contribution in [0.4, 0.5) is 5.82 Å². The van der Waals surface area contributed by atoms with Crippen LogP contribution in [-0.2, 0) is 0 Å². The van der Waals surface area contributed by atoms with Crippen molar-refractivity contribution in [3.8, 4) is 5.88 Å². The van der Waals surface area contributed by atoms with Gasteiger partial charge >= 0.3 is 0 Å². The van der Waals surface area contributed by atoms with Crippen molar-refractivity contribution in [3.63, 3.8) is 0 Å². The molecule has 1 amide bonds. The Morgan fingerprint density at radius 1 is 1.26 bits per heavy atom. The van der Waals surface area contributed by atoms with Crippen LogP contribution in [0.2, 0.25) is 5.15 Å². The molecular formula is C12H11ClN4O2. The number of hydrogen-bond acceptors (Lipinski definition) is 5. The van der Waals surface area contributed by atoms with Gasteiger partial charge in [0.25, 0.3) is 5.91 Å². The second-order valence-corrected chi connectivity index (χ2v) is 4.06. The van der Waals surface area contributed by atoms with Gasteiger partial charge in [0.05, 0.1) is 12.7 Å². The van der Waals surface area contributed by atoms with Gasteiger partial charge < -0.3 is 10.1 Å². The first-order valence-electron chi connectivity index (χ1n) is 5.42. The zero-order valence-electron chi connectivity index (χ0n) is 10.3. The smallest absolute Gasteiger partial charge is 0.259 e. The monoisotopic (exact) mass is 278 g/mol. The van der Waals surface area contributed by atoms with Gasteiger partial charge in [-0.25, -0.2) is 4.98 Å². The van der Waals surface area contributed by atoms with Crippen LogP contribution in [0.15, 0.2) is 24.3 Å². The molecule has 0 aromatic carbocycles. The van der Waals surface area contributed by atoms with Crippen LogP contribution >= 0.6 is 11.6 Å². The van der Waals surface area contributed by atoms with Crippen LogP contribution in [0.25, 0.3) is 0 Å². The lowest BCUT2D eigenvalue weighted by Gasteiger charge is -2.06. The van der Waals surface area contributed by atoms with E-state index in [2.05, 4.69) is 20.5 Å². The van der Waals surface area contributed by atoms with Crippen LogP contribution in [0.3, 0.4) is 0 Å². The first kappa shape index (κ1) is 13.2. The summed E-state index contributed by atoms with van der Waals surface area (Å²) < 4.78 is 4.87. The van der Waals surface area contributed by atoms with Crippen LogP contribution in [0.5, 0.6) is 5.88 Å². The number of rotatable bonds is 3. The number of ether oxygens (including phenoxy) is 1. The number of carbonyl (C=O) groups is 1. The fourth-order valence-corrected chi connectivity index (χ4v) is 1.66. The van der Waals surface area contributed by atoms with Gasteiger partial charge in [-0.05, 0) is 25.1 Å². The number of halogens is 1. The highest BCUT2D eigenvalue weighted by molar-refractivity contribution is 6.33. The molecule has 2 aromatic heterocycles. The molecule has 0 radical (unpaired) electrons. The molecule has 0 aliphatic carbocycles. The normalized spacial score (nSPS) is 10.1. The zero-order valence-corrected chi connectivity index (χ0v) is 11.1. The molecule has 0 atom stereocenters. The molecule has 0 saturated heterocycles. The maximum absolute atomic E-state index is 12.0. The molecule has 2 heterocycles. The Kier molecular flexibility index (Phi) is 3.91. The van der Waals surface area contributed by atoms with Crippen LogP contribution in [0.1, 0.15) is 16.1 Å². The van der Waals surface area contributed by atoms with Gasteiger partial charge in [0, 0.05) is 11.8 Å². The van der Waals surface area contributed by atoms with Gasteiger partial charge in [-0.2, -0.15) is 0 Å². The molecule has 0 saturated carbocycles. The standard InChI is InChI=1S/C12H11ClN4O2/c1-7-3-4-8(11(13)14-7)12(18)15-9-5-6-10(19-2)17-16-9/h3-6H,1-2H3,(H,15,16,18). The van der Waals surface area contributed by atoms with E-state index in [1.54, 1.807) is 31.2 Å². The van der Waals surface area contributed by atoms with Crippen LogP contribution in [0, 0.1) is 6.92 Å². The minimum absolute atomic E-state index is 0.152. The number of aromatic nitrogens is 3. The first-order valence-corrected chi connectivity index (χ1v) is 5.80. The molecule has 0 fully saturated rings. The number of pyridine rings is 1. The number of carbonyl (C=O) groups excluding carboxylic acids is 1. The summed E-state index contributed by atoms with van der Waals surface area (Å²) >= 11 is 5.91. The summed E-state index contributed by atoms with van der Waals surface area (Å²) in [7, 11) is 1.49. The molecule has 0 spiro atoms. The van der Waals surface area contributed by atoms with Crippen molar-refractivity contribution in [1.29, 1.82) is 0 Å². The summed E-state index contributed by atoms with van der Waals surface area (Å²) in [6.07, 6.45) is 0. The minimum Gasteiger partial charge on any atom is -0.480 e. The Labute approximate surface area is 114 Å². The maximum Gasteiger partial charge on any atom is 0.259 e. The Bertz CT molecular complexity index is 601. The molecule has 0 aliphatic heterocycles. The predicted octanol–water partition coefficient (Wildman–Crippen LogP) is 2.09. The van der Waals surface area contributed by atoms with E-state index in [4.69, 9.17) is 16.3 Å². The highest BCUT2D eigenvalue weighted by Gasteiger charge is 2.12. The third-order valence-corrected chi connectivity index (χ3v) is 2.61. The number of hydrogen-bond donors (Lipinski definition) is 1. The SMILES string of the molecule is COc1ccc(NC(=O)c2ccc(C)nc2Cl)nn1. The summed E-state index contributed by atoms with van der Waals surface area (Å²) in [5.74, 6) is 0.285. The lowest BCUT2D eigenvalue weighted by Crippen LogP contribution is -2.14. The van der Waals surface area contributed by atoms with E-state index in [9.17, 15) is 4.79 Å². The summed E-state index contributed by atoms with van der Waals surface area (Å²) in [5.41, 5.74) is 1.02. The van der Waals surface area contributed by atoms with Gasteiger partial charge in [-0.3, -0.25) is 4.79 Å². The number of nitrogens with zero attached hydrogens (tertiary/aromatic N) is 3. The van der Waals surface area contributed by atoms with Gasteiger partial charge in [0.2, 0.25) is 5.88 Å². The predicted molar refractivity (Wildman–Crippen MR) is 70.5 cm³/mol. The molecular weight excluding hydrogens is 268 g/mol. The number of anilines is 1. The van der Waals surface area contributed by atoms with E-state index < -0.39 is 5.91 Å². The first-order chi connectivity index (χ1) is 9.10. The molecule has 0 bridgehead atoms. The van der Waals surface area contributed by atoms with E-state index in [0.717, 1.165) is 5.69 Å². The Morgan fingerprint density at radius 3 is 2.63 bits per heavy atom. The van der Waals surface area contributed by atoms with Crippen molar-refractivity contribution >= 4 is 23.3 Å². The van der Waals surface area contributed by atoms with Crippen molar-refractivity contribution in [2.75, 3.05) is 12.4 Å². The number of methoxy groups -OCH3 is 1. The van der Waals surface area contributed by atoms with Crippen molar-refractivity contribution in [1.82, 2.24) is 15.2 Å². The topological polar surface area (TPSA) is 77.0 Å². The third kappa shape index (κ3) is 3.17. The Morgan fingerprint density at radius 2 is 2.05 bits per heavy atom. The summed E-state index contributed by atoms with van der Waals surface area (Å²) in [6, 6.07) is 6.49. The molecule has 0 unspecified atom stereocenters. The Hall–Kier alpha value is -2.21. The molecule has 98 valence electrons. The largest absolute Gasteiger partial charge is 0.480 e. The lowest BCUT2D eigenvalue weighted by molar-refractivity contribution is 0.102. The Balaban J connectivity index is 2.15. The van der Waals surface area contributed by atoms with Crippen molar-refractivity contribution < 1.29 is 9.53 Å². The molecule has 0 aliphatic rings. The molecule has 2 rings (SSSR count). The molecule has 19 heavy (non-hydrogen) atoms. The highest BCUT2D eigenvalue weighted by Crippen LogP contribution is 2.15. The fraction of sp³-hybridized carbons (Fsp3) is 0.167. The van der Waals surface area contributed by atoms with Crippen LogP contribution in [-0.4, -0.2) is 28.2 Å². The van der Waals surface area contributed by atoms with Gasteiger partial charge in [0.15, 0.2) is 5.82 Å². The average molecular weight is 279 g/mol. The van der Waals surface area contributed by atoms with Gasteiger partial charge in [-0.15, -0.1) is 10.2 Å². The van der Waals surface area contributed by atoms with Crippen molar-refractivity contribution in [3.05, 3.63) is 40.7 Å². The van der Waals surface area contributed by atoms with E-state index in [1.807, 2.05) is 0 Å². The number of amides is 1. The summed E-state index contributed by atoms with van der Waals surface area (Å²) in [5, 5.41) is 10.3. The van der Waals surface area contributed by atoms with Crippen molar-refractivity contribution in [2.45, 2.75) is 6.92 Å². The van der Waals surface area contributed by atoms with Crippen LogP contribution < -0.4 is 10.1 Å². The van der Waals surface area contributed by atoms with E-state index >= 15 is 0 Å². The number of aryl methyl sites for hydroxylation is 1. The van der Waals surface area contributed by atoms with E-state index in [-0.39, 0.29) is 10.7 Å². The summed E-state index contributed by atoms with van der Waals surface area (Å²) in [4.78, 5) is 16.0. The number of nitrogens with one attached hydrogen (secondary N) is 1. The summed E-state index contributed by atoms with van der Waals surface area (Å²) in [6.45, 7) is 1.79. The fourth-order valence-electron chi connectivity index (χ4n) is 1.37. The molecule has 6 nitrogen and oxygen atoms in total. The third-order valence-electron chi connectivity index (χ3n) is 2.32. The van der Waals surface area contributed by atoms with Gasteiger partial charge in [0.1, 0.15) is 5.15 Å². The minimum atomic E-state index is -0.392. The molecule has 2 aromatic rings. The van der Waals surface area contributed by atoms with E-state index in [1.165, 1.54) is 7.11 Å². The van der Waals surface area contributed by atoms with Gasteiger partial charge in [-0.1, -0.05) is 11.6 Å².